The minimum Gasteiger partial charge on any atom is -0.370 e. The van der Waals surface area contributed by atoms with E-state index in [1.807, 2.05) is 23.9 Å². The van der Waals surface area contributed by atoms with Gasteiger partial charge in [-0.1, -0.05) is 0 Å². The third-order valence-electron chi connectivity index (χ3n) is 2.86. The van der Waals surface area contributed by atoms with E-state index in [1.54, 1.807) is 12.4 Å². The monoisotopic (exact) mass is 258 g/mol. The lowest BCUT2D eigenvalue weighted by Gasteiger charge is -2.10. The Morgan fingerprint density at radius 2 is 2.06 bits per heavy atom. The molecule has 1 aliphatic heterocycles. The van der Waals surface area contributed by atoms with Gasteiger partial charge < -0.3 is 5.32 Å². The molecular weight excluding hydrogens is 244 g/mol. The van der Waals surface area contributed by atoms with Gasteiger partial charge in [-0.25, -0.2) is 9.97 Å². The van der Waals surface area contributed by atoms with Crippen molar-refractivity contribution in [1.29, 1.82) is 0 Å². The maximum absolute atomic E-state index is 4.67. The summed E-state index contributed by atoms with van der Waals surface area (Å²) in [7, 11) is 0. The topological polar surface area (TPSA) is 50.7 Å². The Bertz CT molecular complexity index is 556. The molecule has 18 heavy (non-hydrogen) atoms. The minimum atomic E-state index is 0.787. The van der Waals surface area contributed by atoms with Gasteiger partial charge in [-0.3, -0.25) is 4.98 Å². The Labute approximate surface area is 110 Å². The Balaban J connectivity index is 2.09. The quantitative estimate of drug-likeness (QED) is 0.917. The van der Waals surface area contributed by atoms with Gasteiger partial charge in [0.1, 0.15) is 5.82 Å². The molecule has 0 aromatic carbocycles. The third-order valence-corrected chi connectivity index (χ3v) is 3.83. The molecule has 2 aromatic rings. The first-order valence-electron chi connectivity index (χ1n) is 6.00. The van der Waals surface area contributed by atoms with Gasteiger partial charge in [0.2, 0.25) is 0 Å². The SMILES string of the molecule is CCNc1nc(-c2ccncc2)nc2c1CSC2. The van der Waals surface area contributed by atoms with Crippen molar-refractivity contribution in [1.82, 2.24) is 15.0 Å². The van der Waals surface area contributed by atoms with E-state index in [4.69, 9.17) is 0 Å². The van der Waals surface area contributed by atoms with E-state index >= 15 is 0 Å². The Morgan fingerprint density at radius 3 is 2.83 bits per heavy atom. The molecule has 0 spiro atoms. The first kappa shape index (κ1) is 11.5. The van der Waals surface area contributed by atoms with Crippen LogP contribution in [0.15, 0.2) is 24.5 Å². The number of nitrogens with one attached hydrogen (secondary N) is 1. The number of fused-ring (bicyclic) bond motifs is 1. The molecule has 0 radical (unpaired) electrons. The van der Waals surface area contributed by atoms with Crippen LogP contribution in [0.5, 0.6) is 0 Å². The Hall–Kier alpha value is -1.62. The normalized spacial score (nSPS) is 13.4. The van der Waals surface area contributed by atoms with Crippen molar-refractivity contribution in [2.24, 2.45) is 0 Å². The predicted molar refractivity (Wildman–Crippen MR) is 74.4 cm³/mol. The molecule has 1 aliphatic rings. The average Bonchev–Trinajstić information content (AvgIpc) is 2.88. The molecule has 4 nitrogen and oxygen atoms in total. The third kappa shape index (κ3) is 2.06. The molecule has 0 unspecified atom stereocenters. The smallest absolute Gasteiger partial charge is 0.161 e. The van der Waals surface area contributed by atoms with Crippen LogP contribution in [0, 0.1) is 0 Å². The summed E-state index contributed by atoms with van der Waals surface area (Å²) >= 11 is 1.89. The second-order valence-electron chi connectivity index (χ2n) is 4.08. The van der Waals surface area contributed by atoms with E-state index in [1.165, 1.54) is 5.56 Å². The zero-order chi connectivity index (χ0) is 12.4. The largest absolute Gasteiger partial charge is 0.370 e. The van der Waals surface area contributed by atoms with E-state index in [0.717, 1.165) is 41.0 Å². The van der Waals surface area contributed by atoms with Crippen molar-refractivity contribution in [2.45, 2.75) is 18.4 Å². The van der Waals surface area contributed by atoms with Gasteiger partial charge in [-0.05, 0) is 19.1 Å². The first-order valence-corrected chi connectivity index (χ1v) is 7.15. The predicted octanol–water partition coefficient (Wildman–Crippen LogP) is 2.72. The van der Waals surface area contributed by atoms with Crippen LogP contribution < -0.4 is 5.32 Å². The zero-order valence-electron chi connectivity index (χ0n) is 10.2. The van der Waals surface area contributed by atoms with Crippen molar-refractivity contribution in [2.75, 3.05) is 11.9 Å². The molecule has 0 aliphatic carbocycles. The maximum atomic E-state index is 4.67. The summed E-state index contributed by atoms with van der Waals surface area (Å²) in [5.41, 5.74) is 3.45. The molecule has 0 saturated heterocycles. The number of thioether (sulfide) groups is 1. The highest BCUT2D eigenvalue weighted by Crippen LogP contribution is 2.34. The van der Waals surface area contributed by atoms with Crippen LogP contribution in [0.3, 0.4) is 0 Å². The van der Waals surface area contributed by atoms with Crippen molar-refractivity contribution < 1.29 is 0 Å². The fraction of sp³-hybridized carbons (Fsp3) is 0.308. The highest BCUT2D eigenvalue weighted by Gasteiger charge is 2.19. The Kier molecular flexibility index (Phi) is 3.15. The van der Waals surface area contributed by atoms with E-state index in [-0.39, 0.29) is 0 Å². The van der Waals surface area contributed by atoms with Crippen molar-refractivity contribution in [3.8, 4) is 11.4 Å². The second kappa shape index (κ2) is 4.94. The highest BCUT2D eigenvalue weighted by molar-refractivity contribution is 7.98. The maximum Gasteiger partial charge on any atom is 0.161 e. The summed E-state index contributed by atoms with van der Waals surface area (Å²) in [5.74, 6) is 3.76. The van der Waals surface area contributed by atoms with Crippen LogP contribution in [-0.2, 0) is 11.5 Å². The number of pyridine rings is 1. The number of nitrogens with zero attached hydrogens (tertiary/aromatic N) is 3. The van der Waals surface area contributed by atoms with Gasteiger partial charge >= 0.3 is 0 Å². The van der Waals surface area contributed by atoms with Gasteiger partial charge in [-0.2, -0.15) is 11.8 Å². The van der Waals surface area contributed by atoms with E-state index in [0.29, 0.717) is 0 Å². The molecule has 2 aromatic heterocycles. The van der Waals surface area contributed by atoms with Crippen LogP contribution in [0.25, 0.3) is 11.4 Å². The lowest BCUT2D eigenvalue weighted by atomic mass is 10.2. The standard InChI is InChI=1S/C13H14N4S/c1-2-15-13-10-7-18-8-11(10)16-12(17-13)9-3-5-14-6-4-9/h3-6H,2,7-8H2,1H3,(H,15,16,17). The van der Waals surface area contributed by atoms with Gasteiger partial charge in [0.15, 0.2) is 5.82 Å². The van der Waals surface area contributed by atoms with Crippen LogP contribution in [-0.4, -0.2) is 21.5 Å². The fourth-order valence-electron chi connectivity index (χ4n) is 1.99. The van der Waals surface area contributed by atoms with Crippen LogP contribution in [0.1, 0.15) is 18.2 Å². The van der Waals surface area contributed by atoms with Gasteiger partial charge in [0, 0.05) is 41.6 Å². The number of hydrogen-bond acceptors (Lipinski definition) is 5. The van der Waals surface area contributed by atoms with Crippen LogP contribution >= 0.6 is 11.8 Å². The summed E-state index contributed by atoms with van der Waals surface area (Å²) in [6.45, 7) is 2.96. The number of hydrogen-bond donors (Lipinski definition) is 1. The molecule has 3 heterocycles. The molecular formula is C13H14N4S. The Morgan fingerprint density at radius 1 is 1.22 bits per heavy atom. The second-order valence-corrected chi connectivity index (χ2v) is 5.07. The molecule has 0 saturated carbocycles. The van der Waals surface area contributed by atoms with Crippen molar-refractivity contribution in [3.63, 3.8) is 0 Å². The number of rotatable bonds is 3. The van der Waals surface area contributed by atoms with Crippen LogP contribution in [0.4, 0.5) is 5.82 Å². The fourth-order valence-corrected chi connectivity index (χ4v) is 3.04. The summed E-state index contributed by atoms with van der Waals surface area (Å²) in [4.78, 5) is 13.3. The van der Waals surface area contributed by atoms with Gasteiger partial charge in [0.25, 0.3) is 0 Å². The molecule has 5 heteroatoms. The van der Waals surface area contributed by atoms with E-state index in [2.05, 4.69) is 27.2 Å². The zero-order valence-corrected chi connectivity index (χ0v) is 11.0. The minimum absolute atomic E-state index is 0.787. The van der Waals surface area contributed by atoms with E-state index < -0.39 is 0 Å². The summed E-state index contributed by atoms with van der Waals surface area (Å²) in [5, 5.41) is 3.34. The summed E-state index contributed by atoms with van der Waals surface area (Å²) < 4.78 is 0. The van der Waals surface area contributed by atoms with Gasteiger partial charge in [0.05, 0.1) is 5.69 Å². The lowest BCUT2D eigenvalue weighted by molar-refractivity contribution is 1.05. The lowest BCUT2D eigenvalue weighted by Crippen LogP contribution is -2.06. The van der Waals surface area contributed by atoms with Crippen molar-refractivity contribution >= 4 is 17.6 Å². The molecule has 92 valence electrons. The molecule has 0 atom stereocenters. The summed E-state index contributed by atoms with van der Waals surface area (Å²) in [6, 6.07) is 3.89. The van der Waals surface area contributed by atoms with Gasteiger partial charge in [-0.15, -0.1) is 0 Å². The molecule has 3 rings (SSSR count). The van der Waals surface area contributed by atoms with E-state index in [9.17, 15) is 0 Å². The van der Waals surface area contributed by atoms with Crippen molar-refractivity contribution in [3.05, 3.63) is 35.8 Å². The highest BCUT2D eigenvalue weighted by atomic mass is 32.2. The number of aromatic nitrogens is 3. The average molecular weight is 258 g/mol. The number of anilines is 1. The van der Waals surface area contributed by atoms with Crippen LogP contribution in [0.2, 0.25) is 0 Å². The first-order chi connectivity index (χ1) is 8.88. The molecule has 0 fully saturated rings. The molecule has 0 bridgehead atoms. The summed E-state index contributed by atoms with van der Waals surface area (Å²) in [6.07, 6.45) is 3.54. The molecule has 1 N–H and O–H groups in total. The molecule has 0 amide bonds.